The van der Waals surface area contributed by atoms with Gasteiger partial charge in [0.1, 0.15) is 5.52 Å². The molecule has 1 N–H and O–H groups in total. The molecule has 136 valence electrons. The summed E-state index contributed by atoms with van der Waals surface area (Å²) in [5.74, 6) is 0.437. The highest BCUT2D eigenvalue weighted by Gasteiger charge is 2.13. The monoisotopic (exact) mass is 432 g/mol. The summed E-state index contributed by atoms with van der Waals surface area (Å²) in [6, 6.07) is 22.8. The molecule has 0 aliphatic rings. The van der Waals surface area contributed by atoms with Crippen molar-refractivity contribution >= 4 is 49.4 Å². The second kappa shape index (κ2) is 6.65. The number of nitrogens with zero attached hydrogens (tertiary/aromatic N) is 1. The van der Waals surface area contributed by atoms with Gasteiger partial charge in [0, 0.05) is 11.3 Å². The first-order chi connectivity index (χ1) is 13.7. The number of halogens is 1. The van der Waals surface area contributed by atoms with Crippen molar-refractivity contribution in [2.45, 2.75) is 0 Å². The molecule has 2 aromatic heterocycles. The summed E-state index contributed by atoms with van der Waals surface area (Å²) in [6.45, 7) is 0. The molecule has 0 unspecified atom stereocenters. The number of hydrogen-bond donors (Lipinski definition) is 1. The van der Waals surface area contributed by atoms with Gasteiger partial charge in [-0.1, -0.05) is 30.3 Å². The third kappa shape index (κ3) is 3.08. The van der Waals surface area contributed by atoms with E-state index in [9.17, 15) is 4.79 Å². The molecule has 0 radical (unpaired) electrons. The predicted molar refractivity (Wildman–Crippen MR) is 111 cm³/mol. The number of aromatic nitrogens is 1. The van der Waals surface area contributed by atoms with Crippen molar-refractivity contribution in [2.24, 2.45) is 0 Å². The smallest absolute Gasteiger partial charge is 0.291 e. The molecule has 2 heterocycles. The maximum absolute atomic E-state index is 12.2. The highest BCUT2D eigenvalue weighted by Crippen LogP contribution is 2.28. The van der Waals surface area contributed by atoms with E-state index in [2.05, 4.69) is 44.4 Å². The molecular weight excluding hydrogens is 420 g/mol. The van der Waals surface area contributed by atoms with Gasteiger partial charge in [-0.3, -0.25) is 4.79 Å². The number of fused-ring (bicyclic) bond motifs is 2. The number of furan rings is 1. The van der Waals surface area contributed by atoms with Crippen molar-refractivity contribution in [3.8, 4) is 11.5 Å². The van der Waals surface area contributed by atoms with Gasteiger partial charge in [0.15, 0.2) is 16.0 Å². The van der Waals surface area contributed by atoms with Gasteiger partial charge in [-0.15, -0.1) is 0 Å². The SMILES string of the molecule is O=C(Nc1ccc2oc(-c3ccc4ccccc4c3)nc2c1)c1ccc(Br)o1. The lowest BCUT2D eigenvalue weighted by Gasteiger charge is -2.02. The second-order valence-electron chi connectivity index (χ2n) is 6.32. The summed E-state index contributed by atoms with van der Waals surface area (Å²) in [4.78, 5) is 16.8. The Balaban J connectivity index is 1.46. The third-order valence-corrected chi connectivity index (χ3v) is 4.87. The molecule has 0 atom stereocenters. The molecule has 0 spiro atoms. The highest BCUT2D eigenvalue weighted by atomic mass is 79.9. The molecule has 0 aliphatic carbocycles. The Morgan fingerprint density at radius 2 is 1.75 bits per heavy atom. The van der Waals surface area contributed by atoms with E-state index in [1.54, 1.807) is 30.3 Å². The molecule has 5 nitrogen and oxygen atoms in total. The van der Waals surface area contributed by atoms with Crippen LogP contribution in [0.3, 0.4) is 0 Å². The first-order valence-electron chi connectivity index (χ1n) is 8.62. The zero-order chi connectivity index (χ0) is 19.1. The maximum Gasteiger partial charge on any atom is 0.291 e. The zero-order valence-electron chi connectivity index (χ0n) is 14.5. The quantitative estimate of drug-likeness (QED) is 0.365. The Morgan fingerprint density at radius 1 is 0.893 bits per heavy atom. The summed E-state index contributed by atoms with van der Waals surface area (Å²) in [5, 5.41) is 5.09. The number of anilines is 1. The van der Waals surface area contributed by atoms with Crippen LogP contribution in [0.4, 0.5) is 5.69 Å². The van der Waals surface area contributed by atoms with Crippen LogP contribution in [0.5, 0.6) is 0 Å². The molecule has 5 rings (SSSR count). The van der Waals surface area contributed by atoms with Crippen LogP contribution in [0.1, 0.15) is 10.6 Å². The van der Waals surface area contributed by atoms with E-state index in [-0.39, 0.29) is 11.7 Å². The second-order valence-corrected chi connectivity index (χ2v) is 7.10. The molecule has 28 heavy (non-hydrogen) atoms. The van der Waals surface area contributed by atoms with Crippen molar-refractivity contribution in [2.75, 3.05) is 5.32 Å². The van der Waals surface area contributed by atoms with Crippen molar-refractivity contribution in [3.63, 3.8) is 0 Å². The zero-order valence-corrected chi connectivity index (χ0v) is 16.1. The lowest BCUT2D eigenvalue weighted by Crippen LogP contribution is -2.10. The van der Waals surface area contributed by atoms with E-state index in [0.29, 0.717) is 27.3 Å². The molecule has 1 amide bonds. The topological polar surface area (TPSA) is 68.3 Å². The normalized spacial score (nSPS) is 11.2. The van der Waals surface area contributed by atoms with Gasteiger partial charge in [0.05, 0.1) is 0 Å². The fourth-order valence-corrected chi connectivity index (χ4v) is 3.39. The number of carbonyl (C=O) groups is 1. The summed E-state index contributed by atoms with van der Waals surface area (Å²) in [6.07, 6.45) is 0. The van der Waals surface area contributed by atoms with Crippen molar-refractivity contribution in [1.29, 1.82) is 0 Å². The minimum atomic E-state index is -0.330. The van der Waals surface area contributed by atoms with E-state index in [1.807, 2.05) is 24.3 Å². The largest absolute Gasteiger partial charge is 0.444 e. The Bertz CT molecular complexity index is 1340. The van der Waals surface area contributed by atoms with Crippen LogP contribution in [-0.4, -0.2) is 10.9 Å². The number of rotatable bonds is 3. The van der Waals surface area contributed by atoms with Gasteiger partial charge in [-0.2, -0.15) is 0 Å². The predicted octanol–water partition coefficient (Wildman–Crippen LogP) is 6.26. The molecule has 0 bridgehead atoms. The highest BCUT2D eigenvalue weighted by molar-refractivity contribution is 9.10. The fourth-order valence-electron chi connectivity index (χ4n) is 3.08. The number of hydrogen-bond acceptors (Lipinski definition) is 4. The van der Waals surface area contributed by atoms with Crippen molar-refractivity contribution in [3.05, 3.63) is 83.2 Å². The Labute approximate surface area is 168 Å². The lowest BCUT2D eigenvalue weighted by atomic mass is 10.1. The molecule has 0 saturated carbocycles. The Morgan fingerprint density at radius 3 is 2.57 bits per heavy atom. The molecule has 5 aromatic rings. The van der Waals surface area contributed by atoms with Crippen molar-refractivity contribution in [1.82, 2.24) is 4.98 Å². The van der Waals surface area contributed by atoms with Gasteiger partial charge < -0.3 is 14.2 Å². The van der Waals surface area contributed by atoms with Gasteiger partial charge in [-0.05, 0) is 69.2 Å². The first kappa shape index (κ1) is 16.8. The maximum atomic E-state index is 12.2. The van der Waals surface area contributed by atoms with Crippen LogP contribution < -0.4 is 5.32 Å². The van der Waals surface area contributed by atoms with Gasteiger partial charge in [0.2, 0.25) is 5.89 Å². The van der Waals surface area contributed by atoms with Crippen LogP contribution in [0, 0.1) is 0 Å². The van der Waals surface area contributed by atoms with E-state index in [1.165, 1.54) is 0 Å². The van der Waals surface area contributed by atoms with Gasteiger partial charge >= 0.3 is 0 Å². The number of amides is 1. The molecule has 3 aromatic carbocycles. The number of oxazole rings is 1. The minimum absolute atomic E-state index is 0.226. The van der Waals surface area contributed by atoms with Crippen LogP contribution in [0.2, 0.25) is 0 Å². The molecule has 0 fully saturated rings. The average Bonchev–Trinajstić information content (AvgIpc) is 3.33. The first-order valence-corrected chi connectivity index (χ1v) is 9.41. The van der Waals surface area contributed by atoms with Crippen molar-refractivity contribution < 1.29 is 13.6 Å². The number of benzene rings is 3. The lowest BCUT2D eigenvalue weighted by molar-refractivity contribution is 0.0995. The number of carbonyl (C=O) groups excluding carboxylic acids is 1. The third-order valence-electron chi connectivity index (χ3n) is 4.44. The van der Waals surface area contributed by atoms with E-state index >= 15 is 0 Å². The van der Waals surface area contributed by atoms with Gasteiger partial charge in [0.25, 0.3) is 5.91 Å². The van der Waals surface area contributed by atoms with E-state index in [0.717, 1.165) is 16.3 Å². The fraction of sp³-hybridized carbons (Fsp3) is 0. The van der Waals surface area contributed by atoms with Crippen LogP contribution >= 0.6 is 15.9 Å². The average molecular weight is 433 g/mol. The van der Waals surface area contributed by atoms with Crippen LogP contribution in [0.15, 0.2) is 86.3 Å². The molecule has 6 heteroatoms. The summed E-state index contributed by atoms with van der Waals surface area (Å²) in [7, 11) is 0. The molecule has 0 aliphatic heterocycles. The Kier molecular flexibility index (Phi) is 3.98. The van der Waals surface area contributed by atoms with Crippen LogP contribution in [0.25, 0.3) is 33.3 Å². The van der Waals surface area contributed by atoms with E-state index < -0.39 is 0 Å². The van der Waals surface area contributed by atoms with Gasteiger partial charge in [-0.25, -0.2) is 4.98 Å². The summed E-state index contributed by atoms with van der Waals surface area (Å²) >= 11 is 3.19. The number of nitrogens with one attached hydrogen (secondary N) is 1. The van der Waals surface area contributed by atoms with Crippen LogP contribution in [-0.2, 0) is 0 Å². The Hall–Kier alpha value is -3.38. The summed E-state index contributed by atoms with van der Waals surface area (Å²) < 4.78 is 11.7. The molecule has 0 saturated heterocycles. The molecular formula is C22H13BrN2O3. The summed E-state index contributed by atoms with van der Waals surface area (Å²) in [5.41, 5.74) is 2.84. The minimum Gasteiger partial charge on any atom is -0.444 e. The standard InChI is InChI=1S/C22H13BrN2O3/c23-20-10-9-19(27-20)21(26)24-16-7-8-18-17(12-16)25-22(28-18)15-6-5-13-3-1-2-4-14(13)11-15/h1-12H,(H,24,26). The van der Waals surface area contributed by atoms with E-state index in [4.69, 9.17) is 8.83 Å².